The molecule has 0 bridgehead atoms. The van der Waals surface area contributed by atoms with Crippen molar-refractivity contribution < 1.29 is 9.21 Å². The molecule has 4 aromatic rings. The van der Waals surface area contributed by atoms with Crippen molar-refractivity contribution >= 4 is 22.6 Å². The van der Waals surface area contributed by atoms with E-state index in [4.69, 9.17) is 4.42 Å². The molecule has 1 saturated heterocycles. The Labute approximate surface area is 167 Å². The first-order valence-electron chi connectivity index (χ1n) is 9.62. The molecule has 2 aromatic carbocycles. The normalized spacial score (nSPS) is 17.0. The van der Waals surface area contributed by atoms with Crippen molar-refractivity contribution in [2.75, 3.05) is 11.9 Å². The van der Waals surface area contributed by atoms with Crippen LogP contribution in [0.15, 0.2) is 65.3 Å². The number of amides is 1. The Morgan fingerprint density at radius 1 is 1.17 bits per heavy atom. The number of fused-ring (bicyclic) bond motifs is 1. The van der Waals surface area contributed by atoms with Crippen LogP contribution in [0.2, 0.25) is 0 Å². The van der Waals surface area contributed by atoms with Crippen LogP contribution >= 0.6 is 0 Å². The van der Waals surface area contributed by atoms with Crippen LogP contribution in [0, 0.1) is 0 Å². The van der Waals surface area contributed by atoms with Crippen molar-refractivity contribution in [2.24, 2.45) is 0 Å². The summed E-state index contributed by atoms with van der Waals surface area (Å²) < 4.78 is 7.49. The van der Waals surface area contributed by atoms with Gasteiger partial charge in [0.1, 0.15) is 17.7 Å². The van der Waals surface area contributed by atoms with Crippen LogP contribution in [-0.4, -0.2) is 43.6 Å². The molecule has 146 valence electrons. The summed E-state index contributed by atoms with van der Waals surface area (Å²) in [5.74, 6) is 0.874. The van der Waals surface area contributed by atoms with E-state index in [1.807, 2.05) is 48.5 Å². The molecule has 0 aliphatic carbocycles. The molecule has 1 fully saturated rings. The topological polar surface area (TPSA) is 89.1 Å². The minimum atomic E-state index is -0.181. The molecule has 29 heavy (non-hydrogen) atoms. The summed E-state index contributed by atoms with van der Waals surface area (Å²) >= 11 is 0. The monoisotopic (exact) mass is 388 g/mol. The number of carbonyl (C=O) groups is 1. The molecule has 1 aliphatic rings. The predicted octanol–water partition coefficient (Wildman–Crippen LogP) is 3.01. The fourth-order valence-electron chi connectivity index (χ4n) is 3.86. The van der Waals surface area contributed by atoms with E-state index in [0.29, 0.717) is 6.54 Å². The molecule has 1 N–H and O–H groups in total. The summed E-state index contributed by atoms with van der Waals surface area (Å²) in [5.41, 5.74) is 2.39. The third-order valence-electron chi connectivity index (χ3n) is 5.23. The highest BCUT2D eigenvalue weighted by Crippen LogP contribution is 2.25. The Balaban J connectivity index is 1.29. The smallest absolute Gasteiger partial charge is 0.241 e. The number of nitrogens with zero attached hydrogens (tertiary/aromatic N) is 5. The second-order valence-corrected chi connectivity index (χ2v) is 7.17. The number of carbonyl (C=O) groups excluding carboxylic acids is 1. The number of anilines is 1. The van der Waals surface area contributed by atoms with Gasteiger partial charge in [-0.1, -0.05) is 24.3 Å². The molecular formula is C21H20N6O2. The standard InChI is InChI=1S/C21H20N6O2/c28-21(23-16-6-3-7-17(12-16)27-14-22-24-25-27)19-8-4-10-26(19)13-18-11-15-5-1-2-9-20(15)29-18/h1-3,5-7,9,11-12,14,19H,4,8,10,13H2,(H,23,28). The van der Waals surface area contributed by atoms with E-state index >= 15 is 0 Å². The lowest BCUT2D eigenvalue weighted by Crippen LogP contribution is -2.39. The summed E-state index contributed by atoms with van der Waals surface area (Å²) in [6, 6.07) is 17.3. The zero-order valence-corrected chi connectivity index (χ0v) is 15.7. The maximum absolute atomic E-state index is 13.0. The number of aromatic nitrogens is 4. The molecule has 3 heterocycles. The van der Waals surface area contributed by atoms with Crippen molar-refractivity contribution in [1.82, 2.24) is 25.1 Å². The lowest BCUT2D eigenvalue weighted by atomic mass is 10.2. The van der Waals surface area contributed by atoms with Crippen molar-refractivity contribution in [2.45, 2.75) is 25.4 Å². The predicted molar refractivity (Wildman–Crippen MR) is 107 cm³/mol. The first kappa shape index (κ1) is 17.6. The Kier molecular flexibility index (Phi) is 4.53. The quantitative estimate of drug-likeness (QED) is 0.565. The largest absolute Gasteiger partial charge is 0.460 e. The van der Waals surface area contributed by atoms with Crippen molar-refractivity contribution in [3.8, 4) is 5.69 Å². The zero-order chi connectivity index (χ0) is 19.6. The average Bonchev–Trinajstić information content (AvgIpc) is 3.48. The summed E-state index contributed by atoms with van der Waals surface area (Å²) in [6.45, 7) is 1.50. The molecule has 1 amide bonds. The van der Waals surface area contributed by atoms with Gasteiger partial charge in [-0.2, -0.15) is 0 Å². The minimum Gasteiger partial charge on any atom is -0.460 e. The molecule has 8 nitrogen and oxygen atoms in total. The second kappa shape index (κ2) is 7.48. The lowest BCUT2D eigenvalue weighted by molar-refractivity contribution is -0.120. The molecule has 0 radical (unpaired) electrons. The Bertz CT molecular complexity index is 1100. The molecular weight excluding hydrogens is 368 g/mol. The highest BCUT2D eigenvalue weighted by molar-refractivity contribution is 5.95. The van der Waals surface area contributed by atoms with Gasteiger partial charge in [0.2, 0.25) is 5.91 Å². The third kappa shape index (κ3) is 3.62. The van der Waals surface area contributed by atoms with E-state index in [9.17, 15) is 4.79 Å². The van der Waals surface area contributed by atoms with Crippen LogP contribution in [0.4, 0.5) is 5.69 Å². The summed E-state index contributed by atoms with van der Waals surface area (Å²) in [4.78, 5) is 15.1. The lowest BCUT2D eigenvalue weighted by Gasteiger charge is -2.22. The molecule has 0 saturated carbocycles. The van der Waals surface area contributed by atoms with Gasteiger partial charge < -0.3 is 9.73 Å². The van der Waals surface area contributed by atoms with Crippen LogP contribution < -0.4 is 5.32 Å². The fraction of sp³-hybridized carbons (Fsp3) is 0.238. The number of benzene rings is 2. The van der Waals surface area contributed by atoms with Crippen LogP contribution in [-0.2, 0) is 11.3 Å². The number of para-hydroxylation sites is 1. The van der Waals surface area contributed by atoms with E-state index in [0.717, 1.165) is 47.5 Å². The number of nitrogens with one attached hydrogen (secondary N) is 1. The highest BCUT2D eigenvalue weighted by Gasteiger charge is 2.31. The number of hydrogen-bond donors (Lipinski definition) is 1. The Hall–Kier alpha value is -3.52. The Morgan fingerprint density at radius 3 is 2.97 bits per heavy atom. The van der Waals surface area contributed by atoms with Gasteiger partial charge in [0.05, 0.1) is 18.3 Å². The maximum Gasteiger partial charge on any atom is 0.241 e. The van der Waals surface area contributed by atoms with Gasteiger partial charge in [-0.05, 0) is 60.1 Å². The number of hydrogen-bond acceptors (Lipinski definition) is 6. The van der Waals surface area contributed by atoms with Gasteiger partial charge in [0.25, 0.3) is 0 Å². The summed E-state index contributed by atoms with van der Waals surface area (Å²) in [7, 11) is 0. The van der Waals surface area contributed by atoms with Crippen molar-refractivity contribution in [1.29, 1.82) is 0 Å². The van der Waals surface area contributed by atoms with Crippen LogP contribution in [0.5, 0.6) is 0 Å². The van der Waals surface area contributed by atoms with Gasteiger partial charge in [-0.25, -0.2) is 4.68 Å². The molecule has 0 spiro atoms. The molecule has 2 aromatic heterocycles. The SMILES string of the molecule is O=C(Nc1cccc(-n2cnnn2)c1)C1CCCN1Cc1cc2ccccc2o1. The Morgan fingerprint density at radius 2 is 2.10 bits per heavy atom. The second-order valence-electron chi connectivity index (χ2n) is 7.17. The molecule has 5 rings (SSSR count). The van der Waals surface area contributed by atoms with Crippen LogP contribution in [0.1, 0.15) is 18.6 Å². The first-order valence-corrected chi connectivity index (χ1v) is 9.62. The fourth-order valence-corrected chi connectivity index (χ4v) is 3.86. The molecule has 1 atom stereocenters. The van der Waals surface area contributed by atoms with Crippen molar-refractivity contribution in [3.05, 3.63) is 66.7 Å². The number of tetrazole rings is 1. The zero-order valence-electron chi connectivity index (χ0n) is 15.7. The van der Waals surface area contributed by atoms with E-state index in [1.165, 1.54) is 6.33 Å². The highest BCUT2D eigenvalue weighted by atomic mass is 16.3. The van der Waals surface area contributed by atoms with Crippen molar-refractivity contribution in [3.63, 3.8) is 0 Å². The number of likely N-dealkylation sites (tertiary alicyclic amines) is 1. The average molecular weight is 388 g/mol. The van der Waals surface area contributed by atoms with E-state index < -0.39 is 0 Å². The van der Waals surface area contributed by atoms with Gasteiger partial charge in [0, 0.05) is 11.1 Å². The molecule has 1 unspecified atom stereocenters. The van der Waals surface area contributed by atoms with Gasteiger partial charge in [-0.3, -0.25) is 9.69 Å². The van der Waals surface area contributed by atoms with Crippen LogP contribution in [0.3, 0.4) is 0 Å². The maximum atomic E-state index is 13.0. The van der Waals surface area contributed by atoms with E-state index in [1.54, 1.807) is 4.68 Å². The van der Waals surface area contributed by atoms with E-state index in [-0.39, 0.29) is 11.9 Å². The molecule has 8 heteroatoms. The van der Waals surface area contributed by atoms with Crippen LogP contribution in [0.25, 0.3) is 16.7 Å². The first-order chi connectivity index (χ1) is 14.3. The number of furan rings is 1. The summed E-state index contributed by atoms with van der Waals surface area (Å²) in [5, 5.41) is 15.3. The van der Waals surface area contributed by atoms with Gasteiger partial charge in [0.15, 0.2) is 0 Å². The minimum absolute atomic E-state index is 0.00697. The van der Waals surface area contributed by atoms with Gasteiger partial charge in [-0.15, -0.1) is 5.10 Å². The third-order valence-corrected chi connectivity index (χ3v) is 5.23. The van der Waals surface area contributed by atoms with E-state index in [2.05, 4.69) is 31.8 Å². The number of rotatable bonds is 5. The summed E-state index contributed by atoms with van der Waals surface area (Å²) in [6.07, 6.45) is 3.34. The van der Waals surface area contributed by atoms with Gasteiger partial charge >= 0.3 is 0 Å². The molecule has 1 aliphatic heterocycles.